The van der Waals surface area contributed by atoms with Crippen molar-refractivity contribution in [3.05, 3.63) is 0 Å². The van der Waals surface area contributed by atoms with Crippen LogP contribution in [-0.4, -0.2) is 10.2 Å². The zero-order valence-electron chi connectivity index (χ0n) is 14.7. The summed E-state index contributed by atoms with van der Waals surface area (Å²) in [6.07, 6.45) is 17.5. The molecule has 0 nitrogen and oxygen atoms in total. The highest BCUT2D eigenvalue weighted by molar-refractivity contribution is 9.09. The Bertz CT molecular complexity index is 206. The molecule has 0 aliphatic carbocycles. The van der Waals surface area contributed by atoms with Gasteiger partial charge >= 0.3 is 0 Å². The summed E-state index contributed by atoms with van der Waals surface area (Å²) in [6.45, 7) is 6.88. The highest BCUT2D eigenvalue weighted by Gasteiger charge is 2.15. The standard InChI is InChI=1S/C19H38BrCl/c1-4-5-6-7-8-9-10-11-15-18(20)19(21)16-13-12-14-17(2)3/h17-19H,4-16H2,1-3H3/t18-,19+/m0/s1. The van der Waals surface area contributed by atoms with Crippen LogP contribution in [0.15, 0.2) is 0 Å². The zero-order valence-corrected chi connectivity index (χ0v) is 17.0. The van der Waals surface area contributed by atoms with E-state index in [1.165, 1.54) is 83.5 Å². The summed E-state index contributed by atoms with van der Waals surface area (Å²) >= 11 is 10.3. The zero-order chi connectivity index (χ0) is 15.9. The maximum absolute atomic E-state index is 6.50. The van der Waals surface area contributed by atoms with E-state index in [0.717, 1.165) is 5.92 Å². The molecule has 0 fully saturated rings. The topological polar surface area (TPSA) is 0 Å². The summed E-state index contributed by atoms with van der Waals surface area (Å²) in [5.41, 5.74) is 0. The van der Waals surface area contributed by atoms with Gasteiger partial charge < -0.3 is 0 Å². The molecule has 0 amide bonds. The third-order valence-corrected chi connectivity index (χ3v) is 6.16. The van der Waals surface area contributed by atoms with E-state index >= 15 is 0 Å². The first kappa shape index (κ1) is 21.8. The lowest BCUT2D eigenvalue weighted by Gasteiger charge is -2.16. The van der Waals surface area contributed by atoms with Gasteiger partial charge in [-0.25, -0.2) is 0 Å². The number of unbranched alkanes of at least 4 members (excludes halogenated alkanes) is 8. The van der Waals surface area contributed by atoms with Gasteiger partial charge in [-0.3, -0.25) is 0 Å². The smallest absolute Gasteiger partial charge is 0.0461 e. The molecule has 0 heterocycles. The van der Waals surface area contributed by atoms with Crippen LogP contribution in [0.25, 0.3) is 0 Å². The van der Waals surface area contributed by atoms with Crippen LogP contribution in [-0.2, 0) is 0 Å². The van der Waals surface area contributed by atoms with E-state index in [-0.39, 0.29) is 0 Å². The van der Waals surface area contributed by atoms with Crippen molar-refractivity contribution in [2.45, 2.75) is 114 Å². The molecule has 0 aromatic heterocycles. The summed E-state index contributed by atoms with van der Waals surface area (Å²) in [7, 11) is 0. The van der Waals surface area contributed by atoms with Gasteiger partial charge in [0, 0.05) is 10.2 Å². The highest BCUT2D eigenvalue weighted by Crippen LogP contribution is 2.24. The first-order chi connectivity index (χ1) is 10.1. The molecule has 0 saturated heterocycles. The van der Waals surface area contributed by atoms with Gasteiger partial charge in [0.1, 0.15) is 0 Å². The first-order valence-electron chi connectivity index (χ1n) is 9.36. The Morgan fingerprint density at radius 2 is 1.19 bits per heavy atom. The van der Waals surface area contributed by atoms with Gasteiger partial charge in [-0.1, -0.05) is 107 Å². The molecule has 0 aliphatic heterocycles. The van der Waals surface area contributed by atoms with E-state index in [0.29, 0.717) is 10.2 Å². The van der Waals surface area contributed by atoms with E-state index in [9.17, 15) is 0 Å². The summed E-state index contributed by atoms with van der Waals surface area (Å²) in [6, 6.07) is 0. The lowest BCUT2D eigenvalue weighted by atomic mass is 10.0. The fraction of sp³-hybridized carbons (Fsp3) is 1.00. The monoisotopic (exact) mass is 380 g/mol. The van der Waals surface area contributed by atoms with Crippen LogP contribution in [0, 0.1) is 5.92 Å². The second-order valence-corrected chi connectivity index (χ2v) is 8.71. The number of hydrogen-bond donors (Lipinski definition) is 0. The van der Waals surface area contributed by atoms with Crippen molar-refractivity contribution >= 4 is 27.5 Å². The van der Waals surface area contributed by atoms with Gasteiger partial charge in [0.05, 0.1) is 0 Å². The first-order valence-corrected chi connectivity index (χ1v) is 10.7. The lowest BCUT2D eigenvalue weighted by molar-refractivity contribution is 0.510. The minimum absolute atomic E-state index is 0.321. The van der Waals surface area contributed by atoms with Crippen LogP contribution in [0.4, 0.5) is 0 Å². The van der Waals surface area contributed by atoms with Crippen LogP contribution >= 0.6 is 27.5 Å². The largest absolute Gasteiger partial charge is 0.122 e. The molecule has 0 bridgehead atoms. The fourth-order valence-electron chi connectivity index (χ4n) is 2.73. The molecule has 21 heavy (non-hydrogen) atoms. The Morgan fingerprint density at radius 3 is 1.76 bits per heavy atom. The number of rotatable bonds is 15. The second-order valence-electron chi connectivity index (χ2n) is 6.97. The minimum atomic E-state index is 0.321. The highest BCUT2D eigenvalue weighted by atomic mass is 79.9. The normalized spacial score (nSPS) is 14.6. The molecule has 2 atom stereocenters. The Labute approximate surface area is 147 Å². The summed E-state index contributed by atoms with van der Waals surface area (Å²) < 4.78 is 0. The van der Waals surface area contributed by atoms with Gasteiger partial charge in [-0.15, -0.1) is 11.6 Å². The fourth-order valence-corrected chi connectivity index (χ4v) is 3.60. The number of halogens is 2. The summed E-state index contributed by atoms with van der Waals surface area (Å²) in [5, 5.41) is 0.321. The Hall–Kier alpha value is 0.770. The lowest BCUT2D eigenvalue weighted by Crippen LogP contribution is -2.14. The van der Waals surface area contributed by atoms with Gasteiger partial charge in [-0.2, -0.15) is 0 Å². The predicted octanol–water partition coefficient (Wildman–Crippen LogP) is 8.10. The number of hydrogen-bond acceptors (Lipinski definition) is 0. The SMILES string of the molecule is CCCCCCCCCC[C@H](Br)[C@H](Cl)CCCCC(C)C. The third-order valence-electron chi connectivity index (χ3n) is 4.24. The van der Waals surface area contributed by atoms with Crippen molar-refractivity contribution in [1.29, 1.82) is 0 Å². The Kier molecular flexibility index (Phi) is 16.2. The van der Waals surface area contributed by atoms with Gasteiger partial charge in [-0.05, 0) is 18.8 Å². The Balaban J connectivity index is 3.36. The van der Waals surface area contributed by atoms with Crippen LogP contribution < -0.4 is 0 Å². The van der Waals surface area contributed by atoms with Gasteiger partial charge in [0.2, 0.25) is 0 Å². The van der Waals surface area contributed by atoms with E-state index in [1.54, 1.807) is 0 Å². The van der Waals surface area contributed by atoms with Crippen LogP contribution in [0.2, 0.25) is 0 Å². The van der Waals surface area contributed by atoms with Crippen molar-refractivity contribution in [3.63, 3.8) is 0 Å². The third kappa shape index (κ3) is 15.4. The van der Waals surface area contributed by atoms with Crippen molar-refractivity contribution < 1.29 is 0 Å². The summed E-state index contributed by atoms with van der Waals surface area (Å²) in [4.78, 5) is 0.512. The maximum Gasteiger partial charge on any atom is 0.0461 e. The quantitative estimate of drug-likeness (QED) is 0.198. The van der Waals surface area contributed by atoms with Crippen molar-refractivity contribution in [2.24, 2.45) is 5.92 Å². The van der Waals surface area contributed by atoms with Crippen molar-refractivity contribution in [3.8, 4) is 0 Å². The van der Waals surface area contributed by atoms with E-state index < -0.39 is 0 Å². The second kappa shape index (κ2) is 15.7. The molecule has 0 aromatic carbocycles. The molecule has 2 heteroatoms. The van der Waals surface area contributed by atoms with Gasteiger partial charge in [0.15, 0.2) is 0 Å². The molecule has 0 unspecified atom stereocenters. The predicted molar refractivity (Wildman–Crippen MR) is 103 cm³/mol. The summed E-state index contributed by atoms with van der Waals surface area (Å²) in [5.74, 6) is 0.830. The molecule has 0 N–H and O–H groups in total. The van der Waals surface area contributed by atoms with Crippen LogP contribution in [0.3, 0.4) is 0 Å². The molecule has 0 aromatic rings. The van der Waals surface area contributed by atoms with E-state index in [2.05, 4.69) is 36.7 Å². The van der Waals surface area contributed by atoms with Crippen LogP contribution in [0.5, 0.6) is 0 Å². The molecule has 0 spiro atoms. The molecular weight excluding hydrogens is 344 g/mol. The van der Waals surface area contributed by atoms with Crippen LogP contribution in [0.1, 0.15) is 104 Å². The number of alkyl halides is 2. The molecule has 0 aliphatic rings. The molecule has 0 radical (unpaired) electrons. The molecule has 128 valence electrons. The van der Waals surface area contributed by atoms with Crippen molar-refractivity contribution in [1.82, 2.24) is 0 Å². The molecule has 0 saturated carbocycles. The minimum Gasteiger partial charge on any atom is -0.122 e. The van der Waals surface area contributed by atoms with E-state index in [4.69, 9.17) is 11.6 Å². The average Bonchev–Trinajstić information content (AvgIpc) is 2.45. The van der Waals surface area contributed by atoms with Crippen molar-refractivity contribution in [2.75, 3.05) is 0 Å². The molecule has 0 rings (SSSR count). The molecular formula is C19H38BrCl. The van der Waals surface area contributed by atoms with Gasteiger partial charge in [0.25, 0.3) is 0 Å². The van der Waals surface area contributed by atoms with E-state index in [1.807, 2.05) is 0 Å². The Morgan fingerprint density at radius 1 is 0.714 bits per heavy atom. The average molecular weight is 382 g/mol. The maximum atomic E-state index is 6.50.